The number of hydrogen-bond donors (Lipinski definition) is 2. The first kappa shape index (κ1) is 14.1. The molecule has 1 atom stereocenters. The van der Waals surface area contributed by atoms with Crippen LogP contribution in [0.2, 0.25) is 0 Å². The predicted octanol–water partition coefficient (Wildman–Crippen LogP) is 0.166. The van der Waals surface area contributed by atoms with Gasteiger partial charge in [-0.3, -0.25) is 0 Å². The van der Waals surface area contributed by atoms with E-state index in [2.05, 4.69) is 9.71 Å². The first-order valence-electron chi connectivity index (χ1n) is 5.28. The van der Waals surface area contributed by atoms with Crippen molar-refractivity contribution in [2.75, 3.05) is 0 Å². The summed E-state index contributed by atoms with van der Waals surface area (Å²) in [5.74, 6) is 0.611. The molecular weight excluding hydrogens is 242 g/mol. The summed E-state index contributed by atoms with van der Waals surface area (Å²) in [5, 5.41) is 9.46. The molecule has 0 aliphatic heterocycles. The summed E-state index contributed by atoms with van der Waals surface area (Å²) < 4.78 is 28.1. The first-order valence-corrected chi connectivity index (χ1v) is 6.76. The lowest BCUT2D eigenvalue weighted by Gasteiger charge is -2.28. The van der Waals surface area contributed by atoms with Gasteiger partial charge in [-0.15, -0.1) is 0 Å². The molecule has 0 aliphatic rings. The molecule has 0 aliphatic carbocycles. The molecule has 17 heavy (non-hydrogen) atoms. The zero-order chi connectivity index (χ0) is 13.4. The van der Waals surface area contributed by atoms with Crippen molar-refractivity contribution in [2.24, 2.45) is 7.05 Å². The maximum Gasteiger partial charge on any atom is 0.260 e. The number of hydrogen-bond acceptors (Lipinski definition) is 4. The smallest absolute Gasteiger partial charge is 0.260 e. The number of aryl methyl sites for hydroxylation is 2. The molecule has 1 unspecified atom stereocenters. The van der Waals surface area contributed by atoms with Crippen LogP contribution in [0.25, 0.3) is 0 Å². The Bertz CT molecular complexity index is 483. The molecule has 2 N–H and O–H groups in total. The van der Waals surface area contributed by atoms with Crippen LogP contribution < -0.4 is 4.72 Å². The second-order valence-electron chi connectivity index (χ2n) is 4.74. The van der Waals surface area contributed by atoms with Crippen LogP contribution >= 0.6 is 0 Å². The monoisotopic (exact) mass is 261 g/mol. The van der Waals surface area contributed by atoms with Crippen molar-refractivity contribution in [2.45, 2.75) is 44.4 Å². The van der Waals surface area contributed by atoms with Crippen molar-refractivity contribution in [1.82, 2.24) is 14.3 Å². The van der Waals surface area contributed by atoms with Crippen molar-refractivity contribution in [3.05, 3.63) is 12.0 Å². The van der Waals surface area contributed by atoms with E-state index in [1.165, 1.54) is 13.1 Å². The summed E-state index contributed by atoms with van der Waals surface area (Å²) in [7, 11) is -1.98. The molecule has 0 amide bonds. The van der Waals surface area contributed by atoms with Crippen LogP contribution in [0, 0.1) is 6.92 Å². The quantitative estimate of drug-likeness (QED) is 0.809. The van der Waals surface area contributed by atoms with Crippen LogP contribution in [0.4, 0.5) is 0 Å². The molecular formula is C10H19N3O3S. The molecule has 1 rings (SSSR count). The molecule has 0 saturated heterocycles. The fraction of sp³-hybridized carbons (Fsp3) is 0.700. The maximum absolute atomic E-state index is 12.0. The molecule has 98 valence electrons. The van der Waals surface area contributed by atoms with E-state index >= 15 is 0 Å². The van der Waals surface area contributed by atoms with Crippen LogP contribution in [0.5, 0.6) is 0 Å². The highest BCUT2D eigenvalue weighted by atomic mass is 32.2. The number of nitrogens with one attached hydrogen (secondary N) is 1. The molecule has 0 saturated carbocycles. The minimum atomic E-state index is -3.71. The Morgan fingerprint density at radius 2 is 2.06 bits per heavy atom. The van der Waals surface area contributed by atoms with E-state index in [0.717, 1.165) is 0 Å². The molecule has 1 aromatic heterocycles. The highest BCUT2D eigenvalue weighted by Crippen LogP contribution is 2.15. The van der Waals surface area contributed by atoms with Crippen molar-refractivity contribution in [3.8, 4) is 0 Å². The number of sulfonamides is 1. The maximum atomic E-state index is 12.0. The van der Waals surface area contributed by atoms with Crippen molar-refractivity contribution < 1.29 is 13.5 Å². The van der Waals surface area contributed by atoms with Gasteiger partial charge in [0.15, 0.2) is 5.03 Å². The number of aliphatic hydroxyl groups is 1. The van der Waals surface area contributed by atoms with E-state index in [1.54, 1.807) is 32.4 Å². The Morgan fingerprint density at radius 1 is 1.53 bits per heavy atom. The number of nitrogens with zero attached hydrogens (tertiary/aromatic N) is 2. The lowest BCUT2D eigenvalue weighted by molar-refractivity contribution is 0.111. The summed E-state index contributed by atoms with van der Waals surface area (Å²) in [6.07, 6.45) is 0.637. The SMILES string of the molecule is Cc1nc(S(=O)(=O)NC(C)(C)C(C)O)cn1C. The van der Waals surface area contributed by atoms with E-state index in [1.807, 2.05) is 0 Å². The van der Waals surface area contributed by atoms with Gasteiger partial charge in [-0.1, -0.05) is 0 Å². The highest BCUT2D eigenvalue weighted by Gasteiger charge is 2.31. The molecule has 0 fully saturated rings. The molecule has 0 bridgehead atoms. The Morgan fingerprint density at radius 3 is 2.41 bits per heavy atom. The number of aromatic nitrogens is 2. The molecule has 0 aromatic carbocycles. The molecule has 0 radical (unpaired) electrons. The average Bonchev–Trinajstić information content (AvgIpc) is 2.45. The van der Waals surface area contributed by atoms with Gasteiger partial charge in [0.25, 0.3) is 10.0 Å². The summed E-state index contributed by atoms with van der Waals surface area (Å²) in [5.41, 5.74) is -0.940. The van der Waals surface area contributed by atoms with Gasteiger partial charge in [0, 0.05) is 13.2 Å². The lowest BCUT2D eigenvalue weighted by Crippen LogP contribution is -2.50. The van der Waals surface area contributed by atoms with E-state index < -0.39 is 21.7 Å². The normalized spacial score (nSPS) is 14.9. The van der Waals surface area contributed by atoms with Gasteiger partial charge in [-0.2, -0.15) is 0 Å². The molecule has 0 spiro atoms. The molecule has 6 nitrogen and oxygen atoms in total. The van der Waals surface area contributed by atoms with E-state index in [0.29, 0.717) is 5.82 Å². The van der Waals surface area contributed by atoms with Crippen molar-refractivity contribution in [3.63, 3.8) is 0 Å². The lowest BCUT2D eigenvalue weighted by atomic mass is 10.0. The van der Waals surface area contributed by atoms with Crippen LogP contribution in [0.1, 0.15) is 26.6 Å². The van der Waals surface area contributed by atoms with E-state index in [9.17, 15) is 13.5 Å². The molecule has 7 heteroatoms. The number of imidazole rings is 1. The number of aliphatic hydroxyl groups excluding tert-OH is 1. The Balaban J connectivity index is 3.05. The van der Waals surface area contributed by atoms with E-state index in [-0.39, 0.29) is 5.03 Å². The Kier molecular flexibility index (Phi) is 3.66. The highest BCUT2D eigenvalue weighted by molar-refractivity contribution is 7.89. The van der Waals surface area contributed by atoms with Gasteiger partial charge in [0.05, 0.1) is 11.6 Å². The third-order valence-electron chi connectivity index (χ3n) is 2.80. The third-order valence-corrected chi connectivity index (χ3v) is 4.35. The van der Waals surface area contributed by atoms with Crippen molar-refractivity contribution in [1.29, 1.82) is 0 Å². The molecule has 1 heterocycles. The fourth-order valence-electron chi connectivity index (χ4n) is 1.14. The summed E-state index contributed by atoms with van der Waals surface area (Å²) >= 11 is 0. The summed E-state index contributed by atoms with van der Waals surface area (Å²) in [6.45, 7) is 6.49. The topological polar surface area (TPSA) is 84.2 Å². The number of rotatable bonds is 4. The second kappa shape index (κ2) is 4.40. The zero-order valence-corrected chi connectivity index (χ0v) is 11.5. The zero-order valence-electron chi connectivity index (χ0n) is 10.7. The minimum Gasteiger partial charge on any atom is -0.391 e. The van der Waals surface area contributed by atoms with E-state index in [4.69, 9.17) is 0 Å². The largest absolute Gasteiger partial charge is 0.391 e. The Labute approximate surface area is 102 Å². The van der Waals surface area contributed by atoms with Crippen LogP contribution in [-0.2, 0) is 17.1 Å². The van der Waals surface area contributed by atoms with Gasteiger partial charge in [0.2, 0.25) is 0 Å². The van der Waals surface area contributed by atoms with Gasteiger partial charge < -0.3 is 9.67 Å². The van der Waals surface area contributed by atoms with Crippen molar-refractivity contribution >= 4 is 10.0 Å². The van der Waals surface area contributed by atoms with Gasteiger partial charge in [0.1, 0.15) is 5.82 Å². The van der Waals surface area contributed by atoms with Gasteiger partial charge in [-0.25, -0.2) is 18.1 Å². The third kappa shape index (κ3) is 3.05. The Hall–Kier alpha value is -0.920. The molecule has 1 aromatic rings. The summed E-state index contributed by atoms with van der Waals surface area (Å²) in [6, 6.07) is 0. The van der Waals surface area contributed by atoms with Crippen LogP contribution in [-0.4, -0.2) is 34.7 Å². The standard InChI is InChI=1S/C10H19N3O3S/c1-7(14)10(3,4)12-17(15,16)9-6-13(5)8(2)11-9/h6-7,12,14H,1-5H3. The average molecular weight is 261 g/mol. The first-order chi connectivity index (χ1) is 7.56. The van der Waals surface area contributed by atoms with Crippen LogP contribution in [0.3, 0.4) is 0 Å². The summed E-state index contributed by atoms with van der Waals surface area (Å²) in [4.78, 5) is 3.96. The second-order valence-corrected chi connectivity index (χ2v) is 6.37. The minimum absolute atomic E-state index is 0.0359. The predicted molar refractivity (Wildman–Crippen MR) is 64.0 cm³/mol. The van der Waals surface area contributed by atoms with Gasteiger partial charge in [-0.05, 0) is 27.7 Å². The fourth-order valence-corrected chi connectivity index (χ4v) is 2.66. The van der Waals surface area contributed by atoms with Crippen LogP contribution in [0.15, 0.2) is 11.2 Å². The van der Waals surface area contributed by atoms with Gasteiger partial charge >= 0.3 is 0 Å².